The number of rotatable bonds is 4. The standard InChI is InChI=1S/C13H14ClN3O/c1-2-11(12-15-6-7-16-12)17-13(18)9-4-3-5-10(14)8-9/h3-8,11H,2H2,1H3,(H,15,16)(H,17,18). The number of nitrogens with one attached hydrogen (secondary N) is 2. The molecule has 94 valence electrons. The summed E-state index contributed by atoms with van der Waals surface area (Å²) in [6.45, 7) is 1.99. The van der Waals surface area contributed by atoms with Crippen molar-refractivity contribution >= 4 is 17.5 Å². The number of aromatic amines is 1. The summed E-state index contributed by atoms with van der Waals surface area (Å²) in [5.41, 5.74) is 0.549. The zero-order chi connectivity index (χ0) is 13.0. The number of hydrogen-bond acceptors (Lipinski definition) is 2. The molecule has 1 aromatic carbocycles. The molecule has 0 bridgehead atoms. The van der Waals surface area contributed by atoms with E-state index in [-0.39, 0.29) is 11.9 Å². The molecule has 1 heterocycles. The molecular weight excluding hydrogens is 250 g/mol. The molecule has 0 aliphatic rings. The molecule has 0 fully saturated rings. The number of carbonyl (C=O) groups is 1. The molecule has 1 unspecified atom stereocenters. The van der Waals surface area contributed by atoms with Gasteiger partial charge in [0.25, 0.3) is 5.91 Å². The van der Waals surface area contributed by atoms with E-state index in [1.807, 2.05) is 6.92 Å². The number of imidazole rings is 1. The zero-order valence-corrected chi connectivity index (χ0v) is 10.7. The van der Waals surface area contributed by atoms with Gasteiger partial charge >= 0.3 is 0 Å². The number of aromatic nitrogens is 2. The first kappa shape index (κ1) is 12.6. The van der Waals surface area contributed by atoms with Crippen LogP contribution in [-0.4, -0.2) is 15.9 Å². The van der Waals surface area contributed by atoms with Crippen LogP contribution in [0.3, 0.4) is 0 Å². The second-order valence-corrected chi connectivity index (χ2v) is 4.36. The van der Waals surface area contributed by atoms with Crippen molar-refractivity contribution in [1.82, 2.24) is 15.3 Å². The van der Waals surface area contributed by atoms with Gasteiger partial charge in [-0.2, -0.15) is 0 Å². The Balaban J connectivity index is 2.11. The van der Waals surface area contributed by atoms with E-state index in [0.717, 1.165) is 12.2 Å². The van der Waals surface area contributed by atoms with Crippen LogP contribution < -0.4 is 5.32 Å². The molecule has 0 saturated heterocycles. The highest BCUT2D eigenvalue weighted by Gasteiger charge is 2.15. The first-order chi connectivity index (χ1) is 8.70. The summed E-state index contributed by atoms with van der Waals surface area (Å²) < 4.78 is 0. The van der Waals surface area contributed by atoms with Gasteiger partial charge in [-0.1, -0.05) is 24.6 Å². The second kappa shape index (κ2) is 5.69. The van der Waals surface area contributed by atoms with E-state index in [4.69, 9.17) is 11.6 Å². The fourth-order valence-corrected chi connectivity index (χ4v) is 1.89. The van der Waals surface area contributed by atoms with Gasteiger partial charge in [-0.15, -0.1) is 0 Å². The maximum atomic E-state index is 12.0. The predicted octanol–water partition coefficient (Wildman–Crippen LogP) is 2.94. The number of amides is 1. The molecule has 1 aromatic heterocycles. The Bertz CT molecular complexity index is 525. The minimum atomic E-state index is -0.152. The molecule has 1 atom stereocenters. The van der Waals surface area contributed by atoms with E-state index >= 15 is 0 Å². The molecule has 0 radical (unpaired) electrons. The summed E-state index contributed by atoms with van der Waals surface area (Å²) >= 11 is 5.86. The van der Waals surface area contributed by atoms with Crippen LogP contribution in [0.1, 0.15) is 35.6 Å². The molecule has 1 amide bonds. The van der Waals surface area contributed by atoms with Gasteiger partial charge in [0, 0.05) is 23.0 Å². The minimum absolute atomic E-state index is 0.119. The average Bonchev–Trinajstić information content (AvgIpc) is 2.89. The molecule has 2 rings (SSSR count). The summed E-state index contributed by atoms with van der Waals surface area (Å²) in [5, 5.41) is 3.47. The van der Waals surface area contributed by atoms with Crippen molar-refractivity contribution in [3.63, 3.8) is 0 Å². The summed E-state index contributed by atoms with van der Waals surface area (Å²) in [5.74, 6) is 0.605. The molecule has 4 nitrogen and oxygen atoms in total. The molecule has 0 spiro atoms. The number of halogens is 1. The first-order valence-corrected chi connectivity index (χ1v) is 6.14. The summed E-state index contributed by atoms with van der Waals surface area (Å²) in [7, 11) is 0. The Morgan fingerprint density at radius 2 is 2.39 bits per heavy atom. The van der Waals surface area contributed by atoms with Crippen molar-refractivity contribution in [2.24, 2.45) is 0 Å². The molecular formula is C13H14ClN3O. The van der Waals surface area contributed by atoms with Crippen LogP contribution in [0.15, 0.2) is 36.7 Å². The van der Waals surface area contributed by atoms with Crippen molar-refractivity contribution < 1.29 is 4.79 Å². The molecule has 18 heavy (non-hydrogen) atoms. The van der Waals surface area contributed by atoms with E-state index in [1.54, 1.807) is 36.7 Å². The molecule has 0 aliphatic heterocycles. The van der Waals surface area contributed by atoms with Crippen LogP contribution in [0.4, 0.5) is 0 Å². The van der Waals surface area contributed by atoms with Gasteiger partial charge in [0.15, 0.2) is 0 Å². The number of H-pyrrole nitrogens is 1. The van der Waals surface area contributed by atoms with Crippen molar-refractivity contribution in [3.8, 4) is 0 Å². The van der Waals surface area contributed by atoms with Crippen molar-refractivity contribution in [1.29, 1.82) is 0 Å². The topological polar surface area (TPSA) is 57.8 Å². The van der Waals surface area contributed by atoms with Crippen molar-refractivity contribution in [2.45, 2.75) is 19.4 Å². The molecule has 2 N–H and O–H groups in total. The van der Waals surface area contributed by atoms with E-state index in [1.165, 1.54) is 0 Å². The fourth-order valence-electron chi connectivity index (χ4n) is 1.70. The van der Waals surface area contributed by atoms with Crippen LogP contribution in [0, 0.1) is 0 Å². The quantitative estimate of drug-likeness (QED) is 0.891. The highest BCUT2D eigenvalue weighted by Crippen LogP contribution is 2.14. The summed E-state index contributed by atoms with van der Waals surface area (Å²) in [4.78, 5) is 19.2. The second-order valence-electron chi connectivity index (χ2n) is 3.92. The third-order valence-electron chi connectivity index (χ3n) is 2.65. The molecule has 0 saturated carbocycles. The smallest absolute Gasteiger partial charge is 0.251 e. The Hall–Kier alpha value is -1.81. The lowest BCUT2D eigenvalue weighted by atomic mass is 10.1. The normalized spacial score (nSPS) is 12.1. The Morgan fingerprint density at radius 3 is 3.00 bits per heavy atom. The van der Waals surface area contributed by atoms with Gasteiger partial charge in [0.1, 0.15) is 5.82 Å². The Kier molecular flexibility index (Phi) is 3.99. The van der Waals surface area contributed by atoms with E-state index in [9.17, 15) is 4.79 Å². The third-order valence-corrected chi connectivity index (χ3v) is 2.88. The molecule has 5 heteroatoms. The third kappa shape index (κ3) is 2.90. The van der Waals surface area contributed by atoms with Gasteiger partial charge in [0.2, 0.25) is 0 Å². The lowest BCUT2D eigenvalue weighted by Crippen LogP contribution is -2.28. The lowest BCUT2D eigenvalue weighted by molar-refractivity contribution is 0.0934. The molecule has 2 aromatic rings. The van der Waals surface area contributed by atoms with Crippen LogP contribution in [0.5, 0.6) is 0 Å². The van der Waals surface area contributed by atoms with Gasteiger partial charge in [0.05, 0.1) is 6.04 Å². The van der Waals surface area contributed by atoms with Crippen molar-refractivity contribution in [3.05, 3.63) is 53.1 Å². The maximum Gasteiger partial charge on any atom is 0.251 e. The van der Waals surface area contributed by atoms with Gasteiger partial charge < -0.3 is 10.3 Å². The highest BCUT2D eigenvalue weighted by molar-refractivity contribution is 6.30. The lowest BCUT2D eigenvalue weighted by Gasteiger charge is -2.14. The maximum absolute atomic E-state index is 12.0. The predicted molar refractivity (Wildman–Crippen MR) is 70.5 cm³/mol. The van der Waals surface area contributed by atoms with Gasteiger partial charge in [-0.25, -0.2) is 4.98 Å². The van der Waals surface area contributed by atoms with Crippen LogP contribution in [0.25, 0.3) is 0 Å². The van der Waals surface area contributed by atoms with Crippen LogP contribution >= 0.6 is 11.6 Å². The van der Waals surface area contributed by atoms with Crippen LogP contribution in [-0.2, 0) is 0 Å². The van der Waals surface area contributed by atoms with E-state index in [2.05, 4.69) is 15.3 Å². The van der Waals surface area contributed by atoms with Crippen molar-refractivity contribution in [2.75, 3.05) is 0 Å². The Labute approximate surface area is 110 Å². The SMILES string of the molecule is CCC(NC(=O)c1cccc(Cl)c1)c1ncc[nH]1. The number of carbonyl (C=O) groups excluding carboxylic acids is 1. The van der Waals surface area contributed by atoms with Crippen LogP contribution in [0.2, 0.25) is 5.02 Å². The molecule has 0 aliphatic carbocycles. The fraction of sp³-hybridized carbons (Fsp3) is 0.231. The number of nitrogens with zero attached hydrogens (tertiary/aromatic N) is 1. The zero-order valence-electron chi connectivity index (χ0n) is 9.98. The largest absolute Gasteiger partial charge is 0.347 e. The highest BCUT2D eigenvalue weighted by atomic mass is 35.5. The van der Waals surface area contributed by atoms with E-state index < -0.39 is 0 Å². The van der Waals surface area contributed by atoms with Gasteiger partial charge in [-0.3, -0.25) is 4.79 Å². The van der Waals surface area contributed by atoms with Gasteiger partial charge in [-0.05, 0) is 24.6 Å². The minimum Gasteiger partial charge on any atom is -0.347 e. The number of benzene rings is 1. The Morgan fingerprint density at radius 1 is 1.56 bits per heavy atom. The summed E-state index contributed by atoms with van der Waals surface area (Å²) in [6, 6.07) is 6.75. The first-order valence-electron chi connectivity index (χ1n) is 5.76. The monoisotopic (exact) mass is 263 g/mol. The average molecular weight is 264 g/mol. The number of hydrogen-bond donors (Lipinski definition) is 2. The van der Waals surface area contributed by atoms with E-state index in [0.29, 0.717) is 10.6 Å². The summed E-state index contributed by atoms with van der Waals surface area (Å²) in [6.07, 6.45) is 4.17.